The lowest BCUT2D eigenvalue weighted by atomic mass is 10.1. The van der Waals surface area contributed by atoms with Crippen LogP contribution < -0.4 is 4.90 Å². The Bertz CT molecular complexity index is 487. The smallest absolute Gasteiger partial charge is 0.336 e. The molecule has 1 aromatic carbocycles. The number of hydrogen-bond donors (Lipinski definition) is 1. The van der Waals surface area contributed by atoms with E-state index in [-0.39, 0.29) is 10.0 Å². The molecule has 0 amide bonds. The molecule has 0 bridgehead atoms. The highest BCUT2D eigenvalue weighted by molar-refractivity contribution is 9.10. The quantitative estimate of drug-likeness (QED) is 0.910. The molecule has 0 spiro atoms. The topological polar surface area (TPSA) is 40.5 Å². The van der Waals surface area contributed by atoms with Crippen LogP contribution in [-0.2, 0) is 0 Å². The Labute approximate surface area is 120 Å². The molecule has 1 N–H and O–H groups in total. The number of carboxylic acids is 1. The Balaban J connectivity index is 2.19. The maximum absolute atomic E-state index is 14.2. The summed E-state index contributed by atoms with van der Waals surface area (Å²) in [7, 11) is 1.85. The third-order valence-corrected chi connectivity index (χ3v) is 4.49. The molecule has 0 saturated heterocycles. The summed E-state index contributed by atoms with van der Waals surface area (Å²) in [6.07, 6.45) is 4.89. The first-order valence-electron chi connectivity index (χ1n) is 6.43. The van der Waals surface area contributed by atoms with Crippen molar-refractivity contribution in [3.8, 4) is 0 Å². The van der Waals surface area contributed by atoms with E-state index in [0.717, 1.165) is 6.54 Å². The number of aromatic carboxylic acids is 1. The van der Waals surface area contributed by atoms with Crippen molar-refractivity contribution in [1.29, 1.82) is 0 Å². The summed E-state index contributed by atoms with van der Waals surface area (Å²) in [6, 6.07) is 2.98. The third-order valence-electron chi connectivity index (χ3n) is 3.71. The lowest BCUT2D eigenvalue weighted by molar-refractivity contribution is 0.0695. The first-order valence-corrected chi connectivity index (χ1v) is 7.22. The second-order valence-corrected chi connectivity index (χ2v) is 5.89. The first-order chi connectivity index (χ1) is 9.00. The molecule has 2 rings (SSSR count). The molecule has 3 nitrogen and oxygen atoms in total. The molecule has 1 fully saturated rings. The normalized spacial score (nSPS) is 15.7. The molecular formula is C14H17BrFNO2. The van der Waals surface area contributed by atoms with Gasteiger partial charge in [0, 0.05) is 13.6 Å². The van der Waals surface area contributed by atoms with Crippen LogP contribution in [-0.4, -0.2) is 24.7 Å². The number of carbonyl (C=O) groups is 1. The van der Waals surface area contributed by atoms with Gasteiger partial charge in [-0.25, -0.2) is 9.18 Å². The molecule has 1 saturated carbocycles. The standard InChI is InChI=1S/C14H17BrFNO2/c1-17(8-9-4-2-3-5-9)11-7-6-10(14(18)19)12(15)13(11)16/h6-7,9H,2-5,8H2,1H3,(H,18,19). The van der Waals surface area contributed by atoms with Gasteiger partial charge in [-0.2, -0.15) is 0 Å². The summed E-state index contributed by atoms with van der Waals surface area (Å²) in [5.41, 5.74) is 0.402. The predicted octanol–water partition coefficient (Wildman–Crippen LogP) is 3.91. The molecule has 0 aliphatic heterocycles. The van der Waals surface area contributed by atoms with Crippen molar-refractivity contribution in [3.05, 3.63) is 28.0 Å². The van der Waals surface area contributed by atoms with Gasteiger partial charge in [-0.3, -0.25) is 0 Å². The molecule has 104 valence electrons. The summed E-state index contributed by atoms with van der Waals surface area (Å²) >= 11 is 3.03. The van der Waals surface area contributed by atoms with Gasteiger partial charge >= 0.3 is 5.97 Å². The van der Waals surface area contributed by atoms with Crippen LogP contribution in [0.2, 0.25) is 0 Å². The van der Waals surface area contributed by atoms with Gasteiger partial charge in [-0.15, -0.1) is 0 Å². The largest absolute Gasteiger partial charge is 0.478 e. The van der Waals surface area contributed by atoms with Gasteiger partial charge in [0.15, 0.2) is 5.82 Å². The van der Waals surface area contributed by atoms with Crippen LogP contribution in [0.4, 0.5) is 10.1 Å². The van der Waals surface area contributed by atoms with Crippen molar-refractivity contribution in [3.63, 3.8) is 0 Å². The van der Waals surface area contributed by atoms with Gasteiger partial charge in [0.2, 0.25) is 0 Å². The third kappa shape index (κ3) is 3.08. The average Bonchev–Trinajstić information content (AvgIpc) is 2.84. The molecule has 1 aliphatic carbocycles. The highest BCUT2D eigenvalue weighted by Gasteiger charge is 2.21. The zero-order valence-corrected chi connectivity index (χ0v) is 12.4. The minimum Gasteiger partial charge on any atom is -0.478 e. The maximum Gasteiger partial charge on any atom is 0.336 e. The minimum absolute atomic E-state index is 0.0239. The Morgan fingerprint density at radius 1 is 1.47 bits per heavy atom. The van der Waals surface area contributed by atoms with E-state index in [9.17, 15) is 9.18 Å². The fraction of sp³-hybridized carbons (Fsp3) is 0.500. The number of halogens is 2. The van der Waals surface area contributed by atoms with Gasteiger partial charge in [-0.05, 0) is 46.8 Å². The Morgan fingerprint density at radius 3 is 2.68 bits per heavy atom. The lowest BCUT2D eigenvalue weighted by Crippen LogP contribution is -2.25. The van der Waals surface area contributed by atoms with Crippen LogP contribution in [0.1, 0.15) is 36.0 Å². The van der Waals surface area contributed by atoms with E-state index in [1.54, 1.807) is 6.07 Å². The zero-order valence-electron chi connectivity index (χ0n) is 10.8. The van der Waals surface area contributed by atoms with Gasteiger partial charge in [-0.1, -0.05) is 12.8 Å². The maximum atomic E-state index is 14.2. The van der Waals surface area contributed by atoms with E-state index in [2.05, 4.69) is 15.9 Å². The number of carboxylic acid groups (broad SMARTS) is 1. The van der Waals surface area contributed by atoms with E-state index in [4.69, 9.17) is 5.11 Å². The SMILES string of the molecule is CN(CC1CCCC1)c1ccc(C(=O)O)c(Br)c1F. The van der Waals surface area contributed by atoms with Crippen LogP contribution in [0.25, 0.3) is 0 Å². The van der Waals surface area contributed by atoms with Crippen molar-refractivity contribution in [2.75, 3.05) is 18.5 Å². The van der Waals surface area contributed by atoms with Crippen molar-refractivity contribution in [2.45, 2.75) is 25.7 Å². The average molecular weight is 330 g/mol. The number of anilines is 1. The highest BCUT2D eigenvalue weighted by atomic mass is 79.9. The molecule has 0 radical (unpaired) electrons. The van der Waals surface area contributed by atoms with E-state index >= 15 is 0 Å². The van der Waals surface area contributed by atoms with Crippen LogP contribution in [0.15, 0.2) is 16.6 Å². The summed E-state index contributed by atoms with van der Waals surface area (Å²) in [5, 5.41) is 8.94. The molecule has 1 aromatic rings. The summed E-state index contributed by atoms with van der Waals surface area (Å²) in [6.45, 7) is 0.815. The Hall–Kier alpha value is -1.10. The van der Waals surface area contributed by atoms with Crippen molar-refractivity contribution < 1.29 is 14.3 Å². The molecule has 5 heteroatoms. The Morgan fingerprint density at radius 2 is 2.11 bits per heavy atom. The van der Waals surface area contributed by atoms with Gasteiger partial charge in [0.05, 0.1) is 15.7 Å². The van der Waals surface area contributed by atoms with Gasteiger partial charge in [0.1, 0.15) is 0 Å². The second kappa shape index (κ2) is 5.90. The number of benzene rings is 1. The Kier molecular flexibility index (Phi) is 4.45. The van der Waals surface area contributed by atoms with Crippen LogP contribution >= 0.6 is 15.9 Å². The predicted molar refractivity (Wildman–Crippen MR) is 76.3 cm³/mol. The number of rotatable bonds is 4. The van der Waals surface area contributed by atoms with E-state index < -0.39 is 11.8 Å². The van der Waals surface area contributed by atoms with E-state index in [1.807, 2.05) is 11.9 Å². The van der Waals surface area contributed by atoms with Crippen LogP contribution in [0.5, 0.6) is 0 Å². The summed E-state index contributed by atoms with van der Waals surface area (Å²) in [4.78, 5) is 12.8. The molecule has 1 aliphatic rings. The lowest BCUT2D eigenvalue weighted by Gasteiger charge is -2.24. The number of hydrogen-bond acceptors (Lipinski definition) is 2. The van der Waals surface area contributed by atoms with Crippen molar-refractivity contribution in [2.24, 2.45) is 5.92 Å². The molecule has 0 atom stereocenters. The number of nitrogens with zero attached hydrogens (tertiary/aromatic N) is 1. The second-order valence-electron chi connectivity index (χ2n) is 5.10. The first kappa shape index (κ1) is 14.3. The highest BCUT2D eigenvalue weighted by Crippen LogP contribution is 2.31. The van der Waals surface area contributed by atoms with E-state index in [1.165, 1.54) is 31.7 Å². The van der Waals surface area contributed by atoms with E-state index in [0.29, 0.717) is 11.6 Å². The zero-order chi connectivity index (χ0) is 14.0. The molecule has 0 heterocycles. The fourth-order valence-electron chi connectivity index (χ4n) is 2.68. The van der Waals surface area contributed by atoms with Crippen LogP contribution in [0.3, 0.4) is 0 Å². The summed E-state index contributed by atoms with van der Waals surface area (Å²) < 4.78 is 14.2. The van der Waals surface area contributed by atoms with Gasteiger partial charge in [0.25, 0.3) is 0 Å². The molecule has 0 unspecified atom stereocenters. The van der Waals surface area contributed by atoms with Crippen LogP contribution in [0, 0.1) is 11.7 Å². The molecular weight excluding hydrogens is 313 g/mol. The monoisotopic (exact) mass is 329 g/mol. The fourth-order valence-corrected chi connectivity index (χ4v) is 3.18. The van der Waals surface area contributed by atoms with Gasteiger partial charge < -0.3 is 10.0 Å². The minimum atomic E-state index is -1.13. The molecule has 19 heavy (non-hydrogen) atoms. The summed E-state index contributed by atoms with van der Waals surface area (Å²) in [5.74, 6) is -1.02. The molecule has 0 aromatic heterocycles. The van der Waals surface area contributed by atoms with Crippen molar-refractivity contribution in [1.82, 2.24) is 0 Å². The van der Waals surface area contributed by atoms with Crippen molar-refractivity contribution >= 4 is 27.6 Å².